The van der Waals surface area contributed by atoms with Gasteiger partial charge in [0.15, 0.2) is 9.84 Å². The molecule has 1 N–H and O–H groups in total. The van der Waals surface area contributed by atoms with Crippen molar-refractivity contribution in [1.29, 1.82) is 0 Å². The number of nitrogens with one attached hydrogen (secondary N) is 1. The Hall–Kier alpha value is -1.09. The van der Waals surface area contributed by atoms with E-state index in [2.05, 4.69) is 20.9 Å². The largest absolute Gasteiger partial charge is 0.417 e. The second kappa shape index (κ2) is 4.45. The average Bonchev–Trinajstić information content (AvgIpc) is 3.11. The molecule has 1 heterocycles. The summed E-state index contributed by atoms with van der Waals surface area (Å²) in [6.07, 6.45) is -3.72. The van der Waals surface area contributed by atoms with Crippen LogP contribution in [0.4, 0.5) is 17.6 Å². The lowest BCUT2D eigenvalue weighted by molar-refractivity contribution is -0.138. The zero-order valence-corrected chi connectivity index (χ0v) is 12.7. The lowest BCUT2D eigenvalue weighted by Crippen LogP contribution is -2.07. The highest BCUT2D eigenvalue weighted by molar-refractivity contribution is 9.10. The van der Waals surface area contributed by atoms with Crippen molar-refractivity contribution >= 4 is 36.7 Å². The van der Waals surface area contributed by atoms with Gasteiger partial charge < -0.3 is 4.98 Å². The van der Waals surface area contributed by atoms with E-state index in [9.17, 15) is 26.0 Å². The number of aromatic amines is 1. The van der Waals surface area contributed by atoms with Crippen LogP contribution < -0.4 is 0 Å². The van der Waals surface area contributed by atoms with E-state index in [1.165, 1.54) is 0 Å². The highest BCUT2D eigenvalue weighted by atomic mass is 79.9. The molecule has 1 saturated carbocycles. The van der Waals surface area contributed by atoms with Gasteiger partial charge in [0.25, 0.3) is 0 Å². The van der Waals surface area contributed by atoms with E-state index in [-0.39, 0.29) is 20.4 Å². The third-order valence-electron chi connectivity index (χ3n) is 3.35. The second-order valence-corrected chi connectivity index (χ2v) is 7.87. The summed E-state index contributed by atoms with van der Waals surface area (Å²) in [5.74, 6) is -1.14. The first kappa shape index (κ1) is 14.8. The fourth-order valence-corrected chi connectivity index (χ4v) is 4.41. The van der Waals surface area contributed by atoms with Crippen LogP contribution in [0.5, 0.6) is 0 Å². The first-order valence-electron chi connectivity index (χ1n) is 5.94. The van der Waals surface area contributed by atoms with Crippen molar-refractivity contribution in [2.24, 2.45) is 0 Å². The molecule has 21 heavy (non-hydrogen) atoms. The van der Waals surface area contributed by atoms with E-state index in [0.717, 1.165) is 6.07 Å². The molecule has 0 atom stereocenters. The molecule has 0 radical (unpaired) electrons. The van der Waals surface area contributed by atoms with Crippen LogP contribution in [0.15, 0.2) is 21.6 Å². The molecule has 0 aliphatic heterocycles. The fraction of sp³-hybridized carbons (Fsp3) is 0.333. The highest BCUT2D eigenvalue weighted by Gasteiger charge is 2.39. The summed E-state index contributed by atoms with van der Waals surface area (Å²) in [7, 11) is -3.63. The van der Waals surface area contributed by atoms with Crippen molar-refractivity contribution in [3.05, 3.63) is 28.0 Å². The molecule has 0 amide bonds. The Morgan fingerprint density at radius 2 is 1.86 bits per heavy atom. The number of sulfone groups is 1. The van der Waals surface area contributed by atoms with Crippen molar-refractivity contribution < 1.29 is 26.0 Å². The third-order valence-corrected chi connectivity index (χ3v) is 6.39. The minimum Gasteiger partial charge on any atom is -0.343 e. The molecule has 1 aliphatic rings. The van der Waals surface area contributed by atoms with Gasteiger partial charge in [0.1, 0.15) is 10.8 Å². The van der Waals surface area contributed by atoms with Gasteiger partial charge in [-0.1, -0.05) is 0 Å². The Balaban J connectivity index is 2.27. The standard InChI is InChI=1S/C12H8BrF4NO2S/c13-10-6-3-9(21(19,20)5-1-2-5)18-11(6)8(14)4-7(10)12(15,16)17/h3-5,18H,1-2H2. The van der Waals surface area contributed by atoms with E-state index in [4.69, 9.17) is 0 Å². The molecule has 3 nitrogen and oxygen atoms in total. The molecule has 0 spiro atoms. The van der Waals surface area contributed by atoms with Crippen LogP contribution in [-0.4, -0.2) is 18.7 Å². The van der Waals surface area contributed by atoms with Gasteiger partial charge in [-0.15, -0.1) is 0 Å². The maximum absolute atomic E-state index is 13.8. The van der Waals surface area contributed by atoms with Gasteiger partial charge in [-0.05, 0) is 40.9 Å². The number of H-pyrrole nitrogens is 1. The predicted molar refractivity (Wildman–Crippen MR) is 71.2 cm³/mol. The number of hydrogen-bond donors (Lipinski definition) is 1. The van der Waals surface area contributed by atoms with Crippen LogP contribution in [-0.2, 0) is 16.0 Å². The number of rotatable bonds is 2. The Morgan fingerprint density at radius 3 is 2.38 bits per heavy atom. The number of hydrogen-bond acceptors (Lipinski definition) is 2. The minimum absolute atomic E-state index is 0.137. The Bertz CT molecular complexity index is 837. The van der Waals surface area contributed by atoms with Gasteiger partial charge in [0.05, 0.1) is 16.3 Å². The van der Waals surface area contributed by atoms with E-state index in [1.54, 1.807) is 0 Å². The van der Waals surface area contributed by atoms with Crippen molar-refractivity contribution in [2.45, 2.75) is 29.3 Å². The maximum atomic E-state index is 13.8. The molecule has 9 heteroatoms. The van der Waals surface area contributed by atoms with Crippen LogP contribution in [0.3, 0.4) is 0 Å². The highest BCUT2D eigenvalue weighted by Crippen LogP contribution is 2.41. The molecular weight excluding hydrogens is 378 g/mol. The smallest absolute Gasteiger partial charge is 0.343 e. The number of halogens is 5. The van der Waals surface area contributed by atoms with Gasteiger partial charge >= 0.3 is 6.18 Å². The zero-order valence-electron chi connectivity index (χ0n) is 10.3. The van der Waals surface area contributed by atoms with E-state index in [0.29, 0.717) is 18.9 Å². The predicted octanol–water partition coefficient (Wildman–Crippen LogP) is 4.02. The van der Waals surface area contributed by atoms with Crippen molar-refractivity contribution in [2.75, 3.05) is 0 Å². The summed E-state index contributed by atoms with van der Waals surface area (Å²) in [5, 5.41) is -0.921. The Kier molecular flexibility index (Phi) is 3.14. The summed E-state index contributed by atoms with van der Waals surface area (Å²) >= 11 is 2.78. The normalized spacial score (nSPS) is 16.6. The molecule has 114 valence electrons. The summed E-state index contributed by atoms with van der Waals surface area (Å²) in [6.45, 7) is 0. The summed E-state index contributed by atoms with van der Waals surface area (Å²) in [4.78, 5) is 2.38. The van der Waals surface area contributed by atoms with Gasteiger partial charge in [-0.2, -0.15) is 13.2 Å². The Labute approximate surface area is 125 Å². The third kappa shape index (κ3) is 2.36. The van der Waals surface area contributed by atoms with Crippen LogP contribution in [0.1, 0.15) is 18.4 Å². The van der Waals surface area contributed by atoms with E-state index >= 15 is 0 Å². The molecule has 1 aromatic carbocycles. The van der Waals surface area contributed by atoms with Gasteiger partial charge in [0.2, 0.25) is 0 Å². The van der Waals surface area contributed by atoms with E-state index in [1.807, 2.05) is 0 Å². The topological polar surface area (TPSA) is 49.9 Å². The Morgan fingerprint density at radius 1 is 1.24 bits per heavy atom. The number of alkyl halides is 3. The summed E-state index contributed by atoms with van der Waals surface area (Å²) < 4.78 is 76.0. The van der Waals surface area contributed by atoms with Crippen molar-refractivity contribution in [1.82, 2.24) is 4.98 Å². The fourth-order valence-electron chi connectivity index (χ4n) is 2.12. The van der Waals surface area contributed by atoms with Crippen LogP contribution in [0.2, 0.25) is 0 Å². The van der Waals surface area contributed by atoms with E-state index < -0.39 is 32.6 Å². The van der Waals surface area contributed by atoms with Gasteiger partial charge in [-0.3, -0.25) is 0 Å². The molecule has 1 aliphatic carbocycles. The molecule has 0 unspecified atom stereocenters. The quantitative estimate of drug-likeness (QED) is 0.793. The average molecular weight is 386 g/mol. The molecule has 2 aromatic rings. The van der Waals surface area contributed by atoms with Gasteiger partial charge in [0, 0.05) is 9.86 Å². The van der Waals surface area contributed by atoms with Crippen LogP contribution >= 0.6 is 15.9 Å². The van der Waals surface area contributed by atoms with Crippen LogP contribution in [0.25, 0.3) is 10.9 Å². The molecule has 1 aromatic heterocycles. The maximum Gasteiger partial charge on any atom is 0.417 e. The summed E-state index contributed by atoms with van der Waals surface area (Å²) in [6, 6.07) is 1.39. The lowest BCUT2D eigenvalue weighted by atomic mass is 10.1. The molecule has 0 bridgehead atoms. The first-order valence-corrected chi connectivity index (χ1v) is 8.28. The zero-order chi connectivity index (χ0) is 15.6. The van der Waals surface area contributed by atoms with Crippen LogP contribution in [0, 0.1) is 5.82 Å². The minimum atomic E-state index is -4.74. The monoisotopic (exact) mass is 385 g/mol. The first-order chi connectivity index (χ1) is 9.62. The molecule has 1 fully saturated rings. The van der Waals surface area contributed by atoms with Gasteiger partial charge in [-0.25, -0.2) is 12.8 Å². The molecular formula is C12H8BrF4NO2S. The van der Waals surface area contributed by atoms with Crippen molar-refractivity contribution in [3.63, 3.8) is 0 Å². The molecule has 0 saturated heterocycles. The van der Waals surface area contributed by atoms with Crippen molar-refractivity contribution in [3.8, 4) is 0 Å². The number of fused-ring (bicyclic) bond motifs is 1. The molecule has 3 rings (SSSR count). The summed E-state index contributed by atoms with van der Waals surface area (Å²) in [5.41, 5.74) is -1.43. The number of benzene rings is 1. The number of aromatic nitrogens is 1. The SMILES string of the molecule is O=S(=O)(c1cc2c(Br)c(C(F)(F)F)cc(F)c2[nH]1)C1CC1. The lowest BCUT2D eigenvalue weighted by Gasteiger charge is -2.10. The second-order valence-electron chi connectivity index (χ2n) is 4.88.